The van der Waals surface area contributed by atoms with E-state index in [9.17, 15) is 4.39 Å². The molecule has 0 saturated heterocycles. The summed E-state index contributed by atoms with van der Waals surface area (Å²) in [6.45, 7) is 0. The molecule has 0 atom stereocenters. The SMILES string of the molecule is CN(C)c1cccc(-n2c(N)nc3ccc(F)cc32)c1. The van der Waals surface area contributed by atoms with E-state index in [4.69, 9.17) is 5.73 Å². The van der Waals surface area contributed by atoms with Gasteiger partial charge >= 0.3 is 0 Å². The van der Waals surface area contributed by atoms with Gasteiger partial charge in [0.1, 0.15) is 5.82 Å². The first-order valence-electron chi connectivity index (χ1n) is 6.27. The van der Waals surface area contributed by atoms with Crippen LogP contribution in [0.3, 0.4) is 0 Å². The third kappa shape index (κ3) is 1.97. The Kier molecular flexibility index (Phi) is 2.82. The summed E-state index contributed by atoms with van der Waals surface area (Å²) >= 11 is 0. The lowest BCUT2D eigenvalue weighted by Gasteiger charge is -2.14. The van der Waals surface area contributed by atoms with Crippen LogP contribution in [0, 0.1) is 5.82 Å². The second-order valence-corrected chi connectivity index (χ2v) is 4.85. The van der Waals surface area contributed by atoms with Gasteiger partial charge in [0.15, 0.2) is 0 Å². The minimum atomic E-state index is -0.303. The normalized spacial score (nSPS) is 10.9. The van der Waals surface area contributed by atoms with Crippen LogP contribution in [0.4, 0.5) is 16.0 Å². The van der Waals surface area contributed by atoms with Crippen molar-refractivity contribution in [2.45, 2.75) is 0 Å². The average molecular weight is 270 g/mol. The van der Waals surface area contributed by atoms with Crippen LogP contribution in [0.25, 0.3) is 16.7 Å². The predicted octanol–water partition coefficient (Wildman–Crippen LogP) is 2.81. The number of nitrogens with two attached hydrogens (primary N) is 1. The molecule has 102 valence electrons. The van der Waals surface area contributed by atoms with E-state index < -0.39 is 0 Å². The van der Waals surface area contributed by atoms with Crippen molar-refractivity contribution >= 4 is 22.7 Å². The Balaban J connectivity index is 2.26. The van der Waals surface area contributed by atoms with E-state index in [1.165, 1.54) is 12.1 Å². The van der Waals surface area contributed by atoms with E-state index >= 15 is 0 Å². The number of fused-ring (bicyclic) bond motifs is 1. The van der Waals surface area contributed by atoms with Crippen LogP contribution in [0.2, 0.25) is 0 Å². The summed E-state index contributed by atoms with van der Waals surface area (Å²) in [4.78, 5) is 6.26. The molecule has 4 nitrogen and oxygen atoms in total. The fourth-order valence-corrected chi connectivity index (χ4v) is 2.25. The zero-order valence-corrected chi connectivity index (χ0v) is 11.3. The van der Waals surface area contributed by atoms with E-state index in [2.05, 4.69) is 4.98 Å². The summed E-state index contributed by atoms with van der Waals surface area (Å²) in [6, 6.07) is 12.3. The second kappa shape index (κ2) is 4.52. The van der Waals surface area contributed by atoms with Crippen LogP contribution in [-0.2, 0) is 0 Å². The lowest BCUT2D eigenvalue weighted by Crippen LogP contribution is -2.09. The van der Waals surface area contributed by atoms with Crippen molar-refractivity contribution in [1.82, 2.24) is 9.55 Å². The molecule has 2 aromatic carbocycles. The van der Waals surface area contributed by atoms with Gasteiger partial charge in [0.25, 0.3) is 0 Å². The molecule has 0 aliphatic rings. The van der Waals surface area contributed by atoms with Crippen molar-refractivity contribution in [2.75, 3.05) is 24.7 Å². The molecule has 0 amide bonds. The van der Waals surface area contributed by atoms with Crippen molar-refractivity contribution in [3.63, 3.8) is 0 Å². The van der Waals surface area contributed by atoms with Crippen molar-refractivity contribution in [1.29, 1.82) is 0 Å². The molecule has 3 aromatic rings. The number of nitrogen functional groups attached to an aromatic ring is 1. The Hall–Kier alpha value is -2.56. The summed E-state index contributed by atoms with van der Waals surface area (Å²) in [5.74, 6) is 0.0453. The first-order valence-corrected chi connectivity index (χ1v) is 6.27. The predicted molar refractivity (Wildman–Crippen MR) is 79.8 cm³/mol. The smallest absolute Gasteiger partial charge is 0.205 e. The van der Waals surface area contributed by atoms with E-state index in [1.54, 1.807) is 10.6 Å². The molecule has 20 heavy (non-hydrogen) atoms. The number of nitrogens with zero attached hydrogens (tertiary/aromatic N) is 3. The first kappa shape index (κ1) is 12.5. The Labute approximate surface area is 116 Å². The van der Waals surface area contributed by atoms with Crippen LogP contribution in [0.5, 0.6) is 0 Å². The van der Waals surface area contributed by atoms with Gasteiger partial charge in [-0.05, 0) is 30.3 Å². The molecule has 1 aromatic heterocycles. The van der Waals surface area contributed by atoms with E-state index in [0.29, 0.717) is 17.0 Å². The molecule has 0 bridgehead atoms. The van der Waals surface area contributed by atoms with Gasteiger partial charge < -0.3 is 10.6 Å². The molecule has 2 N–H and O–H groups in total. The minimum absolute atomic E-state index is 0.303. The van der Waals surface area contributed by atoms with Crippen LogP contribution in [0.15, 0.2) is 42.5 Å². The standard InChI is InChI=1S/C15H15FN4/c1-19(2)11-4-3-5-12(9-11)20-14-8-10(16)6-7-13(14)18-15(20)17/h3-9H,1-2H3,(H2,17,18). The van der Waals surface area contributed by atoms with Gasteiger partial charge in [0, 0.05) is 25.8 Å². The molecule has 5 heteroatoms. The van der Waals surface area contributed by atoms with Crippen LogP contribution in [-0.4, -0.2) is 23.6 Å². The van der Waals surface area contributed by atoms with Gasteiger partial charge in [-0.15, -0.1) is 0 Å². The Morgan fingerprint density at radius 2 is 1.95 bits per heavy atom. The van der Waals surface area contributed by atoms with Crippen LogP contribution < -0.4 is 10.6 Å². The third-order valence-electron chi connectivity index (χ3n) is 3.25. The average Bonchev–Trinajstić information content (AvgIpc) is 2.74. The summed E-state index contributed by atoms with van der Waals surface area (Å²) < 4.78 is 15.2. The molecule has 0 spiro atoms. The summed E-state index contributed by atoms with van der Waals surface area (Å²) in [7, 11) is 3.93. The van der Waals surface area contributed by atoms with Gasteiger partial charge in [0.05, 0.1) is 16.7 Å². The topological polar surface area (TPSA) is 47.1 Å². The number of imidazole rings is 1. The molecule has 0 aliphatic heterocycles. The Bertz CT molecular complexity index is 777. The fraction of sp³-hybridized carbons (Fsp3) is 0.133. The molecular formula is C15H15FN4. The molecular weight excluding hydrogens is 255 g/mol. The minimum Gasteiger partial charge on any atom is -0.378 e. The highest BCUT2D eigenvalue weighted by Crippen LogP contribution is 2.25. The number of aromatic nitrogens is 2. The molecule has 0 aliphatic carbocycles. The molecule has 3 rings (SSSR count). The lowest BCUT2D eigenvalue weighted by atomic mass is 10.2. The maximum atomic E-state index is 13.5. The van der Waals surface area contributed by atoms with Crippen LogP contribution >= 0.6 is 0 Å². The zero-order chi connectivity index (χ0) is 14.3. The maximum absolute atomic E-state index is 13.5. The van der Waals surface area contributed by atoms with Crippen molar-refractivity contribution < 1.29 is 4.39 Å². The summed E-state index contributed by atoms with van der Waals surface area (Å²) in [5, 5.41) is 0. The molecule has 1 heterocycles. The lowest BCUT2D eigenvalue weighted by molar-refractivity contribution is 0.629. The highest BCUT2D eigenvalue weighted by Gasteiger charge is 2.11. The molecule has 0 radical (unpaired) electrons. The van der Waals surface area contributed by atoms with Gasteiger partial charge in [-0.25, -0.2) is 9.37 Å². The largest absolute Gasteiger partial charge is 0.378 e. The second-order valence-electron chi connectivity index (χ2n) is 4.85. The highest BCUT2D eigenvalue weighted by atomic mass is 19.1. The fourth-order valence-electron chi connectivity index (χ4n) is 2.25. The Morgan fingerprint density at radius 3 is 2.70 bits per heavy atom. The first-order chi connectivity index (χ1) is 9.56. The number of rotatable bonds is 2. The Morgan fingerprint density at radius 1 is 1.15 bits per heavy atom. The number of anilines is 2. The highest BCUT2D eigenvalue weighted by molar-refractivity contribution is 5.81. The number of benzene rings is 2. The van der Waals surface area contributed by atoms with Crippen molar-refractivity contribution in [3.8, 4) is 5.69 Å². The van der Waals surface area contributed by atoms with Gasteiger partial charge in [0.2, 0.25) is 5.95 Å². The summed E-state index contributed by atoms with van der Waals surface area (Å²) in [6.07, 6.45) is 0. The number of hydrogen-bond acceptors (Lipinski definition) is 3. The quantitative estimate of drug-likeness (QED) is 0.779. The molecule has 0 fully saturated rings. The summed E-state index contributed by atoms with van der Waals surface area (Å²) in [5.41, 5.74) is 9.23. The third-order valence-corrected chi connectivity index (χ3v) is 3.25. The maximum Gasteiger partial charge on any atom is 0.205 e. The number of halogens is 1. The molecule has 0 unspecified atom stereocenters. The zero-order valence-electron chi connectivity index (χ0n) is 11.3. The van der Waals surface area contributed by atoms with Gasteiger partial charge in [-0.3, -0.25) is 4.57 Å². The van der Waals surface area contributed by atoms with E-state index in [1.807, 2.05) is 43.3 Å². The van der Waals surface area contributed by atoms with Crippen molar-refractivity contribution in [2.24, 2.45) is 0 Å². The van der Waals surface area contributed by atoms with E-state index in [0.717, 1.165) is 11.4 Å². The van der Waals surface area contributed by atoms with Crippen molar-refractivity contribution in [3.05, 3.63) is 48.3 Å². The monoisotopic (exact) mass is 270 g/mol. The van der Waals surface area contributed by atoms with E-state index in [-0.39, 0.29) is 5.82 Å². The van der Waals surface area contributed by atoms with Crippen LogP contribution in [0.1, 0.15) is 0 Å². The van der Waals surface area contributed by atoms with Gasteiger partial charge in [-0.2, -0.15) is 0 Å². The molecule has 0 saturated carbocycles. The number of hydrogen-bond donors (Lipinski definition) is 1. The van der Waals surface area contributed by atoms with Gasteiger partial charge in [-0.1, -0.05) is 6.07 Å².